The first-order valence-electron chi connectivity index (χ1n) is 19.1. The van der Waals surface area contributed by atoms with Gasteiger partial charge in [-0.3, -0.25) is 0 Å². The second-order valence-electron chi connectivity index (χ2n) is 14.9. The summed E-state index contributed by atoms with van der Waals surface area (Å²) in [5, 5.41) is 9.66. The number of nitrogens with zero attached hydrogens (tertiary/aromatic N) is 2. The Bertz CT molecular complexity index is 3600. The smallest absolute Gasteiger partial charge is 0.137 e. The van der Waals surface area contributed by atoms with Gasteiger partial charge in [0.1, 0.15) is 22.3 Å². The SMILES string of the molecule is c1ccc(-c2cccc(N(c3cccc(-n4c5cccc6c5c5c7c(ccc8oc9cccc-6c9c87)ccc54)c3)c3ccc4c(c3)oc3ccccc34)c2)cc1. The highest BCUT2D eigenvalue weighted by Gasteiger charge is 2.26. The lowest BCUT2D eigenvalue weighted by Crippen LogP contribution is -2.10. The maximum Gasteiger partial charge on any atom is 0.137 e. The molecule has 1 aliphatic rings. The van der Waals surface area contributed by atoms with Gasteiger partial charge in [0.25, 0.3) is 0 Å². The molecule has 3 heterocycles. The van der Waals surface area contributed by atoms with Crippen molar-refractivity contribution in [3.8, 4) is 27.9 Å². The van der Waals surface area contributed by atoms with Crippen LogP contribution in [0.5, 0.6) is 0 Å². The first kappa shape index (κ1) is 29.8. The van der Waals surface area contributed by atoms with Gasteiger partial charge < -0.3 is 18.3 Å². The Morgan fingerprint density at radius 1 is 0.357 bits per heavy atom. The Morgan fingerprint density at radius 3 is 1.95 bits per heavy atom. The molecule has 0 N–H and O–H groups in total. The molecule has 56 heavy (non-hydrogen) atoms. The van der Waals surface area contributed by atoms with Gasteiger partial charge >= 0.3 is 0 Å². The molecule has 260 valence electrons. The van der Waals surface area contributed by atoms with Crippen molar-refractivity contribution in [1.82, 2.24) is 4.57 Å². The quantitative estimate of drug-likeness (QED) is 0.178. The molecule has 0 atom stereocenters. The summed E-state index contributed by atoms with van der Waals surface area (Å²) in [4.78, 5) is 2.35. The fourth-order valence-electron chi connectivity index (χ4n) is 9.53. The Kier molecular flexibility index (Phi) is 5.86. The molecular weight excluding hydrogens is 685 g/mol. The molecule has 0 spiro atoms. The second-order valence-corrected chi connectivity index (χ2v) is 14.9. The minimum atomic E-state index is 0.861. The van der Waals surface area contributed by atoms with Crippen LogP contribution in [0.25, 0.3) is 104 Å². The normalized spacial score (nSPS) is 12.3. The lowest BCUT2D eigenvalue weighted by Gasteiger charge is -2.26. The summed E-state index contributed by atoms with van der Waals surface area (Å²) < 4.78 is 15.4. The molecule has 9 aromatic carbocycles. The first-order chi connectivity index (χ1) is 27.8. The molecule has 0 saturated heterocycles. The van der Waals surface area contributed by atoms with E-state index >= 15 is 0 Å². The molecule has 13 rings (SSSR count). The van der Waals surface area contributed by atoms with Crippen LogP contribution in [-0.4, -0.2) is 4.57 Å². The summed E-state index contributed by atoms with van der Waals surface area (Å²) in [7, 11) is 0. The predicted molar refractivity (Wildman–Crippen MR) is 232 cm³/mol. The van der Waals surface area contributed by atoms with Crippen LogP contribution in [0.2, 0.25) is 0 Å². The van der Waals surface area contributed by atoms with E-state index < -0.39 is 0 Å². The molecule has 0 bridgehead atoms. The molecule has 0 fully saturated rings. The number of hydrogen-bond donors (Lipinski definition) is 0. The van der Waals surface area contributed by atoms with E-state index in [0.717, 1.165) is 61.4 Å². The van der Waals surface area contributed by atoms with E-state index in [-0.39, 0.29) is 0 Å². The van der Waals surface area contributed by atoms with E-state index in [0.29, 0.717) is 0 Å². The minimum Gasteiger partial charge on any atom is -0.456 e. The third-order valence-electron chi connectivity index (χ3n) is 11.9. The number of hydrogen-bond acceptors (Lipinski definition) is 3. The van der Waals surface area contributed by atoms with Crippen molar-refractivity contribution in [2.45, 2.75) is 0 Å². The zero-order chi connectivity index (χ0) is 36.5. The van der Waals surface area contributed by atoms with E-state index in [4.69, 9.17) is 8.83 Å². The zero-order valence-corrected chi connectivity index (χ0v) is 30.0. The highest BCUT2D eigenvalue weighted by Crippen LogP contribution is 2.51. The summed E-state index contributed by atoms with van der Waals surface area (Å²) in [6, 6.07) is 65.3. The number of rotatable bonds is 5. The standard InChI is InChI=1S/C52H30N2O2/c1-2-10-31(11-3-1)33-12-6-13-34(28-33)53(37-24-25-39-38-16-4-5-20-44(38)55-47(39)30-37)35-14-7-15-36(29-35)54-42-19-8-17-40-41-18-9-21-45-50(41)52-46(56-45)27-23-32-22-26-43(54)51(48(32)52)49(40)42/h1-30H. The molecule has 0 aliphatic heterocycles. The van der Waals surface area contributed by atoms with Crippen molar-refractivity contribution in [3.05, 3.63) is 182 Å². The molecule has 0 saturated carbocycles. The average molecular weight is 715 g/mol. The number of aromatic nitrogens is 1. The van der Waals surface area contributed by atoms with Gasteiger partial charge in [-0.05, 0) is 100 Å². The summed E-state index contributed by atoms with van der Waals surface area (Å²) in [6.07, 6.45) is 0. The summed E-state index contributed by atoms with van der Waals surface area (Å²) >= 11 is 0. The average Bonchev–Trinajstić information content (AvgIpc) is 3.91. The van der Waals surface area contributed by atoms with Gasteiger partial charge in [0.05, 0.1) is 11.0 Å². The van der Waals surface area contributed by atoms with Crippen LogP contribution in [0.15, 0.2) is 191 Å². The summed E-state index contributed by atoms with van der Waals surface area (Å²) in [5.41, 5.74) is 15.0. The van der Waals surface area contributed by atoms with Crippen LogP contribution in [0.4, 0.5) is 17.1 Å². The maximum absolute atomic E-state index is 6.49. The Balaban J connectivity index is 1.07. The molecule has 3 aromatic heterocycles. The van der Waals surface area contributed by atoms with E-state index in [9.17, 15) is 0 Å². The Morgan fingerprint density at radius 2 is 1.02 bits per heavy atom. The van der Waals surface area contributed by atoms with Gasteiger partial charge in [0, 0.05) is 66.5 Å². The molecule has 0 amide bonds. The van der Waals surface area contributed by atoms with Crippen molar-refractivity contribution in [3.63, 3.8) is 0 Å². The van der Waals surface area contributed by atoms with Crippen molar-refractivity contribution in [1.29, 1.82) is 0 Å². The van der Waals surface area contributed by atoms with Crippen LogP contribution in [0.1, 0.15) is 0 Å². The molecular formula is C52H30N2O2. The third kappa shape index (κ3) is 4.02. The van der Waals surface area contributed by atoms with E-state index in [1.54, 1.807) is 0 Å². The molecule has 12 aromatic rings. The van der Waals surface area contributed by atoms with Crippen molar-refractivity contribution in [2.24, 2.45) is 0 Å². The molecule has 0 unspecified atom stereocenters. The Labute approximate surface area is 320 Å². The van der Waals surface area contributed by atoms with Crippen molar-refractivity contribution >= 4 is 93.5 Å². The highest BCUT2D eigenvalue weighted by atomic mass is 16.3. The van der Waals surface area contributed by atoms with Crippen molar-refractivity contribution < 1.29 is 8.83 Å². The van der Waals surface area contributed by atoms with Gasteiger partial charge in [0.15, 0.2) is 0 Å². The largest absolute Gasteiger partial charge is 0.456 e. The molecule has 4 heteroatoms. The van der Waals surface area contributed by atoms with Crippen LogP contribution >= 0.6 is 0 Å². The van der Waals surface area contributed by atoms with Gasteiger partial charge in [-0.15, -0.1) is 0 Å². The molecule has 4 nitrogen and oxygen atoms in total. The highest BCUT2D eigenvalue weighted by molar-refractivity contribution is 6.37. The topological polar surface area (TPSA) is 34.5 Å². The van der Waals surface area contributed by atoms with Gasteiger partial charge in [-0.25, -0.2) is 0 Å². The summed E-state index contributed by atoms with van der Waals surface area (Å²) in [5.74, 6) is 0. The third-order valence-corrected chi connectivity index (χ3v) is 11.9. The van der Waals surface area contributed by atoms with Crippen LogP contribution in [0.3, 0.4) is 0 Å². The first-order valence-corrected chi connectivity index (χ1v) is 19.1. The lowest BCUT2D eigenvalue weighted by atomic mass is 9.98. The zero-order valence-electron chi connectivity index (χ0n) is 30.0. The lowest BCUT2D eigenvalue weighted by molar-refractivity contribution is 0.668. The van der Waals surface area contributed by atoms with E-state index in [1.165, 1.54) is 60.0 Å². The van der Waals surface area contributed by atoms with Gasteiger partial charge in [0.2, 0.25) is 0 Å². The number of para-hydroxylation sites is 1. The fourth-order valence-corrected chi connectivity index (χ4v) is 9.53. The second kappa shape index (κ2) is 11.0. The van der Waals surface area contributed by atoms with E-state index in [1.807, 2.05) is 12.1 Å². The monoisotopic (exact) mass is 714 g/mol. The Hall–Kier alpha value is -7.56. The summed E-state index contributed by atoms with van der Waals surface area (Å²) in [6.45, 7) is 0. The van der Waals surface area contributed by atoms with Gasteiger partial charge in [-0.1, -0.05) is 103 Å². The number of benzene rings is 9. The minimum absolute atomic E-state index is 0.861. The maximum atomic E-state index is 6.49. The molecule has 1 aliphatic carbocycles. The van der Waals surface area contributed by atoms with Gasteiger partial charge in [-0.2, -0.15) is 0 Å². The van der Waals surface area contributed by atoms with Crippen LogP contribution in [-0.2, 0) is 0 Å². The van der Waals surface area contributed by atoms with Crippen LogP contribution < -0.4 is 4.90 Å². The number of anilines is 3. The predicted octanol–water partition coefficient (Wildman–Crippen LogP) is 14.9. The number of furan rings is 2. The van der Waals surface area contributed by atoms with E-state index in [2.05, 4.69) is 179 Å². The van der Waals surface area contributed by atoms with Crippen LogP contribution in [0, 0.1) is 0 Å². The van der Waals surface area contributed by atoms with Crippen molar-refractivity contribution in [2.75, 3.05) is 4.90 Å². The fraction of sp³-hybridized carbons (Fsp3) is 0. The number of fused-ring (bicyclic) bond motifs is 4. The molecule has 0 radical (unpaired) electrons.